The molecular formula is C25H24N8O. The molecule has 170 valence electrons. The van der Waals surface area contributed by atoms with Crippen LogP contribution in [0.4, 0.5) is 0 Å². The highest BCUT2D eigenvalue weighted by Gasteiger charge is 2.58. The number of aryl methyl sites for hydroxylation is 1. The Morgan fingerprint density at radius 1 is 1.18 bits per heavy atom. The van der Waals surface area contributed by atoms with Crippen molar-refractivity contribution in [1.29, 1.82) is 0 Å². The zero-order chi connectivity index (χ0) is 22.9. The van der Waals surface area contributed by atoms with Crippen molar-refractivity contribution in [3.63, 3.8) is 0 Å². The third-order valence-corrected chi connectivity index (χ3v) is 7.45. The van der Waals surface area contributed by atoms with Gasteiger partial charge in [0, 0.05) is 30.0 Å². The molecule has 2 fully saturated rings. The van der Waals surface area contributed by atoms with E-state index >= 15 is 0 Å². The molecule has 0 radical (unpaired) electrons. The second kappa shape index (κ2) is 7.07. The van der Waals surface area contributed by atoms with Crippen molar-refractivity contribution in [3.05, 3.63) is 66.1 Å². The highest BCUT2D eigenvalue weighted by Crippen LogP contribution is 2.58. The van der Waals surface area contributed by atoms with Crippen LogP contribution >= 0.6 is 0 Å². The maximum Gasteiger partial charge on any atom is 0.165 e. The summed E-state index contributed by atoms with van der Waals surface area (Å²) in [5.41, 5.74) is 8.87. The summed E-state index contributed by atoms with van der Waals surface area (Å²) in [6.45, 7) is 5.74. The Morgan fingerprint density at radius 2 is 2.12 bits per heavy atom. The van der Waals surface area contributed by atoms with Crippen molar-refractivity contribution in [3.8, 4) is 28.2 Å². The number of hydrogen-bond acceptors (Lipinski definition) is 6. The lowest BCUT2D eigenvalue weighted by Gasteiger charge is -2.23. The maximum atomic E-state index is 5.75. The van der Waals surface area contributed by atoms with Gasteiger partial charge >= 0.3 is 0 Å². The Hall–Kier alpha value is -3.85. The van der Waals surface area contributed by atoms with Crippen molar-refractivity contribution >= 4 is 5.65 Å². The van der Waals surface area contributed by atoms with Gasteiger partial charge in [0.15, 0.2) is 5.65 Å². The number of aromatic nitrogens is 8. The molecule has 0 unspecified atom stereocenters. The van der Waals surface area contributed by atoms with E-state index in [9.17, 15) is 0 Å². The van der Waals surface area contributed by atoms with Crippen LogP contribution in [0, 0.1) is 19.8 Å². The molecule has 1 aliphatic carbocycles. The summed E-state index contributed by atoms with van der Waals surface area (Å²) in [6, 6.07) is 8.13. The smallest absolute Gasteiger partial charge is 0.165 e. The minimum Gasteiger partial charge on any atom is -0.381 e. The maximum absolute atomic E-state index is 5.75. The number of fused-ring (bicyclic) bond motifs is 2. The van der Waals surface area contributed by atoms with Gasteiger partial charge in [-0.2, -0.15) is 15.3 Å². The highest BCUT2D eigenvalue weighted by molar-refractivity contribution is 5.78. The summed E-state index contributed by atoms with van der Waals surface area (Å²) in [5, 5.41) is 16.9. The number of aromatic amines is 1. The lowest BCUT2D eigenvalue weighted by Crippen LogP contribution is -2.23. The van der Waals surface area contributed by atoms with Crippen LogP contribution in [0.1, 0.15) is 29.9 Å². The van der Waals surface area contributed by atoms with Crippen LogP contribution in [-0.4, -0.2) is 52.8 Å². The molecule has 5 aromatic heterocycles. The Balaban J connectivity index is 1.48. The Bertz CT molecular complexity index is 1520. The Kier molecular flexibility index (Phi) is 4.08. The molecule has 2 atom stereocenters. The zero-order valence-electron chi connectivity index (χ0n) is 19.1. The first kappa shape index (κ1) is 19.6. The quantitative estimate of drug-likeness (QED) is 0.447. The van der Waals surface area contributed by atoms with Gasteiger partial charge in [-0.3, -0.25) is 10.1 Å². The molecule has 0 amide bonds. The van der Waals surface area contributed by atoms with Gasteiger partial charge in [-0.05, 0) is 56.9 Å². The van der Waals surface area contributed by atoms with Crippen LogP contribution in [0.5, 0.6) is 0 Å². The summed E-state index contributed by atoms with van der Waals surface area (Å²) >= 11 is 0. The molecule has 1 saturated carbocycles. The number of H-pyrrole nitrogens is 1. The first-order valence-electron chi connectivity index (χ1n) is 11.6. The van der Waals surface area contributed by atoms with Gasteiger partial charge in [-0.25, -0.2) is 14.2 Å². The number of rotatable bonds is 4. The molecule has 1 aliphatic heterocycles. The second-order valence-corrected chi connectivity index (χ2v) is 9.34. The van der Waals surface area contributed by atoms with Gasteiger partial charge < -0.3 is 4.74 Å². The van der Waals surface area contributed by atoms with Gasteiger partial charge in [0.1, 0.15) is 0 Å². The van der Waals surface area contributed by atoms with E-state index in [1.54, 1.807) is 12.4 Å². The van der Waals surface area contributed by atoms with E-state index in [1.807, 2.05) is 46.7 Å². The number of ether oxygens (including phenoxy) is 1. The molecule has 0 bridgehead atoms. The fourth-order valence-corrected chi connectivity index (χ4v) is 5.56. The molecular weight excluding hydrogens is 428 g/mol. The van der Waals surface area contributed by atoms with Gasteiger partial charge in [-0.15, -0.1) is 0 Å². The highest BCUT2D eigenvalue weighted by atomic mass is 16.5. The van der Waals surface area contributed by atoms with E-state index in [2.05, 4.69) is 28.2 Å². The number of hydrogen-bond donors (Lipinski definition) is 1. The van der Waals surface area contributed by atoms with Crippen LogP contribution in [0.15, 0.2) is 49.1 Å². The summed E-state index contributed by atoms with van der Waals surface area (Å²) in [6.07, 6.45) is 9.34. The largest absolute Gasteiger partial charge is 0.381 e. The third kappa shape index (κ3) is 2.73. The molecule has 9 heteroatoms. The number of nitrogens with zero attached hydrogens (tertiary/aromatic N) is 7. The van der Waals surface area contributed by atoms with Gasteiger partial charge in [0.2, 0.25) is 0 Å². The minimum absolute atomic E-state index is 0.0887. The van der Waals surface area contributed by atoms with Crippen LogP contribution in [-0.2, 0) is 10.2 Å². The van der Waals surface area contributed by atoms with E-state index in [4.69, 9.17) is 19.9 Å². The molecule has 1 N–H and O–H groups in total. The lowest BCUT2D eigenvalue weighted by molar-refractivity contribution is 0.0795. The Morgan fingerprint density at radius 3 is 2.91 bits per heavy atom. The number of nitrogens with one attached hydrogen (secondary N) is 1. The molecule has 1 saturated heterocycles. The minimum atomic E-state index is 0.0887. The number of pyridine rings is 1. The van der Waals surface area contributed by atoms with Gasteiger partial charge in [-0.1, -0.05) is 0 Å². The first-order valence-corrected chi connectivity index (χ1v) is 11.6. The average Bonchev–Trinajstić information content (AvgIpc) is 3.15. The van der Waals surface area contributed by atoms with E-state index < -0.39 is 0 Å². The van der Waals surface area contributed by atoms with Gasteiger partial charge in [0.25, 0.3) is 0 Å². The second-order valence-electron chi connectivity index (χ2n) is 9.34. The van der Waals surface area contributed by atoms with Crippen molar-refractivity contribution in [2.75, 3.05) is 13.2 Å². The van der Waals surface area contributed by atoms with Crippen LogP contribution in [0.3, 0.4) is 0 Å². The normalized spacial score (nSPS) is 21.6. The molecule has 7 rings (SSSR count). The van der Waals surface area contributed by atoms with Crippen molar-refractivity contribution in [2.45, 2.75) is 32.1 Å². The van der Waals surface area contributed by atoms with Crippen LogP contribution in [0.25, 0.3) is 33.8 Å². The van der Waals surface area contributed by atoms with E-state index in [0.29, 0.717) is 5.92 Å². The van der Waals surface area contributed by atoms with E-state index in [0.717, 1.165) is 77.0 Å². The molecule has 0 aromatic carbocycles. The topological polar surface area (TPSA) is 98.8 Å². The summed E-state index contributed by atoms with van der Waals surface area (Å²) in [4.78, 5) is 9.47. The standard InChI is InChI=1S/C25H24N8O/c1-15-23(16(2)32(31-15)18-4-3-7-26-12-18)21-10-22(25-6-9-34-14-17(25)11-25)29-24-19(13-28-33(21)24)20-5-8-27-30-20/h3-5,7-8,10,12-13,17H,6,9,11,14H2,1-2H3,(H,27,30)/t17-,25+/m1/s1. The predicted octanol–water partition coefficient (Wildman–Crippen LogP) is 3.66. The Labute approximate surface area is 195 Å². The van der Waals surface area contributed by atoms with Crippen LogP contribution in [0.2, 0.25) is 0 Å². The molecule has 5 aromatic rings. The summed E-state index contributed by atoms with van der Waals surface area (Å²) in [5.74, 6) is 0.530. The lowest BCUT2D eigenvalue weighted by atomic mass is 9.92. The molecule has 34 heavy (non-hydrogen) atoms. The predicted molar refractivity (Wildman–Crippen MR) is 126 cm³/mol. The monoisotopic (exact) mass is 452 g/mol. The van der Waals surface area contributed by atoms with Crippen molar-refractivity contribution in [2.24, 2.45) is 5.92 Å². The average molecular weight is 453 g/mol. The fourth-order valence-electron chi connectivity index (χ4n) is 5.56. The molecule has 0 spiro atoms. The zero-order valence-corrected chi connectivity index (χ0v) is 19.1. The van der Waals surface area contributed by atoms with E-state index in [-0.39, 0.29) is 5.41 Å². The summed E-state index contributed by atoms with van der Waals surface area (Å²) < 4.78 is 9.65. The summed E-state index contributed by atoms with van der Waals surface area (Å²) in [7, 11) is 0. The van der Waals surface area contributed by atoms with Gasteiger partial charge in [0.05, 0.1) is 58.7 Å². The fraction of sp³-hybridized carbons (Fsp3) is 0.320. The van der Waals surface area contributed by atoms with Crippen molar-refractivity contribution in [1.82, 2.24) is 39.6 Å². The third-order valence-electron chi connectivity index (χ3n) is 7.45. The molecule has 6 heterocycles. The first-order chi connectivity index (χ1) is 16.7. The van der Waals surface area contributed by atoms with E-state index in [1.165, 1.54) is 0 Å². The van der Waals surface area contributed by atoms with Crippen LogP contribution < -0.4 is 0 Å². The van der Waals surface area contributed by atoms with Crippen molar-refractivity contribution < 1.29 is 4.74 Å². The SMILES string of the molecule is Cc1nn(-c2cccnc2)c(C)c1-c1cc([C@]23CCOC[C@H]2C3)nc2c(-c3ccn[nH]3)cnn12. The molecule has 2 aliphatic rings. The molecule has 9 nitrogen and oxygen atoms in total.